The van der Waals surface area contributed by atoms with Gasteiger partial charge in [0.15, 0.2) is 0 Å². The maximum Gasteiger partial charge on any atom is 0.243 e. The van der Waals surface area contributed by atoms with E-state index in [1.165, 1.54) is 6.08 Å². The van der Waals surface area contributed by atoms with Crippen molar-refractivity contribution in [2.24, 2.45) is 0 Å². The summed E-state index contributed by atoms with van der Waals surface area (Å²) in [6.45, 7) is 4.93. The van der Waals surface area contributed by atoms with E-state index < -0.39 is 10.0 Å². The fourth-order valence-corrected chi connectivity index (χ4v) is 4.59. The molecule has 6 nitrogen and oxygen atoms in total. The van der Waals surface area contributed by atoms with Crippen LogP contribution >= 0.6 is 0 Å². The molecule has 0 bridgehead atoms. The van der Waals surface area contributed by atoms with Gasteiger partial charge in [-0.25, -0.2) is 8.42 Å². The number of piperidine rings is 1. The topological polar surface area (TPSA) is 79.4 Å². The average molecular weight is 385 g/mol. The molecule has 1 amide bonds. The normalized spacial score (nSPS) is 15.3. The van der Waals surface area contributed by atoms with Gasteiger partial charge in [0.1, 0.15) is 0 Å². The summed E-state index contributed by atoms with van der Waals surface area (Å²) in [5, 5.41) is 2.69. The first kappa shape index (κ1) is 19.3. The standard InChI is InChI=1S/C20H23N3O3S/c1-2-20(24)22-15-16-9-10-19(21-14-16)17-7-6-8-18(13-17)27(25,26)23-11-4-3-5-12-23/h2,6-10,13-14H,1,3-5,11-12,15H2,(H,22,24). The van der Waals surface area contributed by atoms with Crippen molar-refractivity contribution in [3.8, 4) is 11.3 Å². The van der Waals surface area contributed by atoms with E-state index in [9.17, 15) is 13.2 Å². The third-order valence-corrected chi connectivity index (χ3v) is 6.45. The lowest BCUT2D eigenvalue weighted by Gasteiger charge is -2.26. The monoisotopic (exact) mass is 385 g/mol. The summed E-state index contributed by atoms with van der Waals surface area (Å²) >= 11 is 0. The van der Waals surface area contributed by atoms with E-state index in [1.807, 2.05) is 18.2 Å². The van der Waals surface area contributed by atoms with Gasteiger partial charge in [-0.3, -0.25) is 9.78 Å². The van der Waals surface area contributed by atoms with E-state index in [1.54, 1.807) is 28.7 Å². The zero-order valence-electron chi connectivity index (χ0n) is 15.1. The molecule has 2 heterocycles. The second-order valence-electron chi connectivity index (χ2n) is 6.47. The van der Waals surface area contributed by atoms with E-state index in [0.29, 0.717) is 30.2 Å². The largest absolute Gasteiger partial charge is 0.348 e. The van der Waals surface area contributed by atoms with Crippen LogP contribution in [0, 0.1) is 0 Å². The molecule has 1 aromatic heterocycles. The molecule has 3 rings (SSSR count). The molecule has 27 heavy (non-hydrogen) atoms. The zero-order valence-corrected chi connectivity index (χ0v) is 15.9. The number of hydrogen-bond acceptors (Lipinski definition) is 4. The van der Waals surface area contributed by atoms with E-state index in [0.717, 1.165) is 30.4 Å². The molecule has 0 saturated carbocycles. The molecule has 1 aromatic carbocycles. The minimum atomic E-state index is -3.47. The van der Waals surface area contributed by atoms with Gasteiger partial charge in [0.05, 0.1) is 10.6 Å². The van der Waals surface area contributed by atoms with Crippen molar-refractivity contribution in [2.45, 2.75) is 30.7 Å². The molecule has 0 radical (unpaired) electrons. The van der Waals surface area contributed by atoms with E-state index in [-0.39, 0.29) is 5.91 Å². The average Bonchev–Trinajstić information content (AvgIpc) is 2.73. The highest BCUT2D eigenvalue weighted by atomic mass is 32.2. The third kappa shape index (κ3) is 4.61. The first-order chi connectivity index (χ1) is 13.0. The molecule has 0 atom stereocenters. The fraction of sp³-hybridized carbons (Fsp3) is 0.300. The number of aromatic nitrogens is 1. The Hall–Kier alpha value is -2.51. The maximum atomic E-state index is 12.9. The predicted molar refractivity (Wildman–Crippen MR) is 104 cm³/mol. The minimum absolute atomic E-state index is 0.241. The van der Waals surface area contributed by atoms with Crippen LogP contribution in [0.25, 0.3) is 11.3 Å². The van der Waals surface area contributed by atoms with Crippen LogP contribution in [0.5, 0.6) is 0 Å². The molecule has 1 N–H and O–H groups in total. The summed E-state index contributed by atoms with van der Waals surface area (Å²) in [6.07, 6.45) is 5.78. The molecular weight excluding hydrogens is 362 g/mol. The Balaban J connectivity index is 1.79. The van der Waals surface area contributed by atoms with Crippen molar-refractivity contribution >= 4 is 15.9 Å². The number of sulfonamides is 1. The van der Waals surface area contributed by atoms with Gasteiger partial charge in [0.2, 0.25) is 15.9 Å². The van der Waals surface area contributed by atoms with Gasteiger partial charge in [-0.2, -0.15) is 4.31 Å². The lowest BCUT2D eigenvalue weighted by atomic mass is 10.1. The van der Waals surface area contributed by atoms with Crippen molar-refractivity contribution in [1.29, 1.82) is 0 Å². The maximum absolute atomic E-state index is 12.9. The van der Waals surface area contributed by atoms with Crippen LogP contribution in [0.2, 0.25) is 0 Å². The van der Waals surface area contributed by atoms with Crippen LogP contribution in [-0.4, -0.2) is 36.7 Å². The highest BCUT2D eigenvalue weighted by Crippen LogP contribution is 2.25. The van der Waals surface area contributed by atoms with Crippen molar-refractivity contribution in [2.75, 3.05) is 13.1 Å². The molecular formula is C20H23N3O3S. The summed E-state index contributed by atoms with van der Waals surface area (Å²) < 4.78 is 27.3. The number of nitrogens with one attached hydrogen (secondary N) is 1. The molecule has 1 saturated heterocycles. The number of rotatable bonds is 6. The number of nitrogens with zero attached hydrogens (tertiary/aromatic N) is 2. The molecule has 142 valence electrons. The lowest BCUT2D eigenvalue weighted by Crippen LogP contribution is -2.35. The van der Waals surface area contributed by atoms with Crippen LogP contribution in [0.15, 0.2) is 60.1 Å². The van der Waals surface area contributed by atoms with Crippen LogP contribution < -0.4 is 5.32 Å². The smallest absolute Gasteiger partial charge is 0.243 e. The Labute approximate surface area is 160 Å². The summed E-state index contributed by atoms with van der Waals surface area (Å²) in [5.41, 5.74) is 2.28. The van der Waals surface area contributed by atoms with Gasteiger partial charge in [0.25, 0.3) is 0 Å². The molecule has 0 aliphatic carbocycles. The van der Waals surface area contributed by atoms with E-state index in [2.05, 4.69) is 16.9 Å². The van der Waals surface area contributed by atoms with Crippen molar-refractivity contribution in [3.63, 3.8) is 0 Å². The fourth-order valence-electron chi connectivity index (χ4n) is 3.03. The number of pyridine rings is 1. The summed E-state index contributed by atoms with van der Waals surface area (Å²) in [6, 6.07) is 10.6. The summed E-state index contributed by atoms with van der Waals surface area (Å²) in [7, 11) is -3.47. The molecule has 1 fully saturated rings. The Bertz CT molecular complexity index is 918. The molecule has 2 aromatic rings. The van der Waals surface area contributed by atoms with Gasteiger partial charge in [-0.15, -0.1) is 0 Å². The Morgan fingerprint density at radius 3 is 2.63 bits per heavy atom. The van der Waals surface area contributed by atoms with Crippen LogP contribution in [0.3, 0.4) is 0 Å². The van der Waals surface area contributed by atoms with Gasteiger partial charge >= 0.3 is 0 Å². The number of carbonyl (C=O) groups is 1. The lowest BCUT2D eigenvalue weighted by molar-refractivity contribution is -0.116. The molecule has 0 unspecified atom stereocenters. The molecule has 1 aliphatic heterocycles. The summed E-state index contributed by atoms with van der Waals surface area (Å²) in [4.78, 5) is 15.9. The quantitative estimate of drug-likeness (QED) is 0.776. The Morgan fingerprint density at radius 1 is 1.19 bits per heavy atom. The van der Waals surface area contributed by atoms with Crippen molar-refractivity contribution in [1.82, 2.24) is 14.6 Å². The molecule has 7 heteroatoms. The molecule has 0 spiro atoms. The number of carbonyl (C=O) groups excluding carboxylic acids is 1. The molecule has 1 aliphatic rings. The van der Waals surface area contributed by atoms with Crippen molar-refractivity contribution < 1.29 is 13.2 Å². The van der Waals surface area contributed by atoms with Crippen LogP contribution in [0.1, 0.15) is 24.8 Å². The highest BCUT2D eigenvalue weighted by molar-refractivity contribution is 7.89. The minimum Gasteiger partial charge on any atom is -0.348 e. The van der Waals surface area contributed by atoms with Gasteiger partial charge in [0, 0.05) is 31.4 Å². The third-order valence-electron chi connectivity index (χ3n) is 4.56. The predicted octanol–water partition coefficient (Wildman–Crippen LogP) is 2.73. The Kier molecular flexibility index (Phi) is 6.03. The number of amides is 1. The van der Waals surface area contributed by atoms with Crippen LogP contribution in [0.4, 0.5) is 0 Å². The van der Waals surface area contributed by atoms with E-state index in [4.69, 9.17) is 0 Å². The van der Waals surface area contributed by atoms with Gasteiger partial charge in [-0.1, -0.05) is 31.2 Å². The SMILES string of the molecule is C=CC(=O)NCc1ccc(-c2cccc(S(=O)(=O)N3CCCCC3)c2)nc1. The first-order valence-electron chi connectivity index (χ1n) is 8.96. The van der Waals surface area contributed by atoms with Gasteiger partial charge in [-0.05, 0) is 42.7 Å². The number of hydrogen-bond donors (Lipinski definition) is 1. The van der Waals surface area contributed by atoms with Gasteiger partial charge < -0.3 is 5.32 Å². The zero-order chi connectivity index (χ0) is 19.3. The number of benzene rings is 1. The highest BCUT2D eigenvalue weighted by Gasteiger charge is 2.26. The second kappa shape index (κ2) is 8.45. The van der Waals surface area contributed by atoms with E-state index >= 15 is 0 Å². The van der Waals surface area contributed by atoms with Crippen LogP contribution in [-0.2, 0) is 21.4 Å². The summed E-state index contributed by atoms with van der Waals surface area (Å²) in [5.74, 6) is -0.241. The Morgan fingerprint density at radius 2 is 1.96 bits per heavy atom. The van der Waals surface area contributed by atoms with Crippen molar-refractivity contribution in [3.05, 3.63) is 60.8 Å². The first-order valence-corrected chi connectivity index (χ1v) is 10.4. The second-order valence-corrected chi connectivity index (χ2v) is 8.40.